The molecule has 1 aliphatic rings. The van der Waals surface area contributed by atoms with Crippen molar-refractivity contribution in [2.24, 2.45) is 5.92 Å². The van der Waals surface area contributed by atoms with Crippen molar-refractivity contribution in [3.63, 3.8) is 0 Å². The molecule has 0 saturated heterocycles. The van der Waals surface area contributed by atoms with E-state index in [0.29, 0.717) is 12.2 Å². The predicted octanol–water partition coefficient (Wildman–Crippen LogP) is 2.84. The van der Waals surface area contributed by atoms with E-state index in [-0.39, 0.29) is 18.6 Å². The number of ether oxygens (including phenoxy) is 1. The molecular weight excluding hydrogens is 290 g/mol. The highest BCUT2D eigenvalue weighted by molar-refractivity contribution is 7.87. The van der Waals surface area contributed by atoms with Crippen LogP contribution in [0.5, 0.6) is 11.5 Å². The molecule has 1 unspecified atom stereocenters. The zero-order valence-electron chi connectivity index (χ0n) is 11.0. The van der Waals surface area contributed by atoms with E-state index in [0.717, 1.165) is 0 Å². The van der Waals surface area contributed by atoms with Crippen LogP contribution in [0.1, 0.15) is 19.3 Å². The summed E-state index contributed by atoms with van der Waals surface area (Å²) in [7, 11) is -2.55. The minimum atomic E-state index is -4.03. The Morgan fingerprint density at radius 1 is 1.25 bits per heavy atom. The Morgan fingerprint density at radius 3 is 2.35 bits per heavy atom. The van der Waals surface area contributed by atoms with Crippen LogP contribution in [0.2, 0.25) is 0 Å². The SMILES string of the molecule is COc1ccc(OS(=O)(=O)CC2CCCC2(F)F)cc1. The van der Waals surface area contributed by atoms with Crippen LogP contribution in [0, 0.1) is 5.92 Å². The maximum absolute atomic E-state index is 13.4. The minimum Gasteiger partial charge on any atom is -0.497 e. The van der Waals surface area contributed by atoms with Gasteiger partial charge in [0.2, 0.25) is 0 Å². The van der Waals surface area contributed by atoms with Gasteiger partial charge in [-0.05, 0) is 37.1 Å². The summed E-state index contributed by atoms with van der Waals surface area (Å²) in [5, 5.41) is 0. The number of hydrogen-bond acceptors (Lipinski definition) is 4. The van der Waals surface area contributed by atoms with Gasteiger partial charge in [-0.1, -0.05) is 0 Å². The molecule has 7 heteroatoms. The Kier molecular flexibility index (Phi) is 4.17. The lowest BCUT2D eigenvalue weighted by Gasteiger charge is -2.18. The predicted molar refractivity (Wildman–Crippen MR) is 69.7 cm³/mol. The van der Waals surface area contributed by atoms with Gasteiger partial charge in [-0.2, -0.15) is 8.42 Å². The first-order chi connectivity index (χ1) is 9.32. The maximum atomic E-state index is 13.4. The van der Waals surface area contributed by atoms with Gasteiger partial charge in [0.05, 0.1) is 12.9 Å². The van der Waals surface area contributed by atoms with Gasteiger partial charge in [0, 0.05) is 12.3 Å². The minimum absolute atomic E-state index is 0.0899. The van der Waals surface area contributed by atoms with Gasteiger partial charge in [0.25, 0.3) is 5.92 Å². The van der Waals surface area contributed by atoms with Gasteiger partial charge in [0.1, 0.15) is 11.5 Å². The van der Waals surface area contributed by atoms with Gasteiger partial charge in [-0.15, -0.1) is 0 Å². The standard InChI is InChI=1S/C13H16F2O4S/c1-18-11-4-6-12(7-5-11)19-20(16,17)9-10-3-2-8-13(10,14)15/h4-7,10H,2-3,8-9H2,1H3. The molecular formula is C13H16F2O4S. The van der Waals surface area contributed by atoms with Crippen molar-refractivity contribution in [2.75, 3.05) is 12.9 Å². The number of hydrogen-bond donors (Lipinski definition) is 0. The number of methoxy groups -OCH3 is 1. The highest BCUT2D eigenvalue weighted by atomic mass is 32.2. The molecule has 0 aliphatic heterocycles. The Labute approximate surface area is 116 Å². The van der Waals surface area contributed by atoms with Crippen molar-refractivity contribution in [1.29, 1.82) is 0 Å². The second-order valence-corrected chi connectivity index (χ2v) is 6.45. The summed E-state index contributed by atoms with van der Waals surface area (Å²) in [5.74, 6) is -4.10. The Morgan fingerprint density at radius 2 is 1.85 bits per heavy atom. The van der Waals surface area contributed by atoms with Gasteiger partial charge < -0.3 is 8.92 Å². The molecule has 4 nitrogen and oxygen atoms in total. The molecule has 1 aromatic rings. The van der Waals surface area contributed by atoms with Crippen molar-refractivity contribution >= 4 is 10.1 Å². The van der Waals surface area contributed by atoms with Crippen LogP contribution in [-0.2, 0) is 10.1 Å². The summed E-state index contributed by atoms with van der Waals surface area (Å²) in [5.41, 5.74) is 0. The smallest absolute Gasteiger partial charge is 0.309 e. The normalized spacial score (nSPS) is 21.6. The molecule has 20 heavy (non-hydrogen) atoms. The summed E-state index contributed by atoms with van der Waals surface area (Å²) in [4.78, 5) is 0. The van der Waals surface area contributed by atoms with Crippen LogP contribution < -0.4 is 8.92 Å². The highest BCUT2D eigenvalue weighted by Gasteiger charge is 2.46. The molecule has 112 valence electrons. The molecule has 0 amide bonds. The summed E-state index contributed by atoms with van der Waals surface area (Å²) in [6, 6.07) is 5.91. The van der Waals surface area contributed by atoms with E-state index in [1.165, 1.54) is 31.4 Å². The van der Waals surface area contributed by atoms with Crippen molar-refractivity contribution in [1.82, 2.24) is 0 Å². The largest absolute Gasteiger partial charge is 0.497 e. The molecule has 0 radical (unpaired) electrons. The van der Waals surface area contributed by atoms with Crippen LogP contribution in [0.25, 0.3) is 0 Å². The van der Waals surface area contributed by atoms with E-state index in [2.05, 4.69) is 0 Å². The molecule has 2 rings (SSSR count). The number of benzene rings is 1. The van der Waals surface area contributed by atoms with E-state index in [4.69, 9.17) is 8.92 Å². The first-order valence-corrected chi connectivity index (χ1v) is 7.84. The monoisotopic (exact) mass is 306 g/mol. The van der Waals surface area contributed by atoms with Crippen molar-refractivity contribution < 1.29 is 26.1 Å². The number of halogens is 2. The second-order valence-electron chi connectivity index (χ2n) is 4.83. The Hall–Kier alpha value is -1.37. The third kappa shape index (κ3) is 3.59. The molecule has 1 saturated carbocycles. The summed E-state index contributed by atoms with van der Waals surface area (Å²) in [6.07, 6.45) is 0.295. The van der Waals surface area contributed by atoms with Crippen molar-refractivity contribution in [2.45, 2.75) is 25.2 Å². The first kappa shape index (κ1) is 15.0. The summed E-state index contributed by atoms with van der Waals surface area (Å²) in [6.45, 7) is 0. The van der Waals surface area contributed by atoms with Crippen LogP contribution in [0.15, 0.2) is 24.3 Å². The van der Waals surface area contributed by atoms with Crippen LogP contribution >= 0.6 is 0 Å². The molecule has 1 aliphatic carbocycles. The third-order valence-electron chi connectivity index (χ3n) is 3.35. The summed E-state index contributed by atoms with van der Waals surface area (Å²) >= 11 is 0. The van der Waals surface area contributed by atoms with E-state index in [1.807, 2.05) is 0 Å². The van der Waals surface area contributed by atoms with Gasteiger partial charge in [0.15, 0.2) is 0 Å². The van der Waals surface area contributed by atoms with Gasteiger partial charge in [-0.25, -0.2) is 8.78 Å². The molecule has 1 atom stereocenters. The topological polar surface area (TPSA) is 52.6 Å². The Balaban J connectivity index is 2.03. The fraction of sp³-hybridized carbons (Fsp3) is 0.538. The van der Waals surface area contributed by atoms with E-state index in [1.54, 1.807) is 0 Å². The third-order valence-corrected chi connectivity index (χ3v) is 4.60. The molecule has 0 aromatic heterocycles. The number of alkyl halides is 2. The lowest BCUT2D eigenvalue weighted by Crippen LogP contribution is -2.30. The van der Waals surface area contributed by atoms with Gasteiger partial charge in [-0.3, -0.25) is 0 Å². The Bertz CT molecular complexity index is 554. The average molecular weight is 306 g/mol. The van der Waals surface area contributed by atoms with E-state index in [9.17, 15) is 17.2 Å². The van der Waals surface area contributed by atoms with Crippen LogP contribution in [-0.4, -0.2) is 27.2 Å². The zero-order valence-corrected chi connectivity index (χ0v) is 11.8. The quantitative estimate of drug-likeness (QED) is 0.785. The number of rotatable bonds is 5. The average Bonchev–Trinajstić information content (AvgIpc) is 2.68. The lowest BCUT2D eigenvalue weighted by molar-refractivity contribution is -0.0291. The van der Waals surface area contributed by atoms with E-state index >= 15 is 0 Å². The maximum Gasteiger partial charge on any atom is 0.309 e. The lowest BCUT2D eigenvalue weighted by atomic mass is 10.1. The fourth-order valence-electron chi connectivity index (χ4n) is 2.26. The molecule has 1 aromatic carbocycles. The van der Waals surface area contributed by atoms with Crippen molar-refractivity contribution in [3.05, 3.63) is 24.3 Å². The molecule has 1 fully saturated rings. The first-order valence-electron chi connectivity index (χ1n) is 6.26. The summed E-state index contributed by atoms with van der Waals surface area (Å²) < 4.78 is 60.3. The highest BCUT2D eigenvalue weighted by Crippen LogP contribution is 2.41. The molecule has 0 N–H and O–H groups in total. The molecule has 0 bridgehead atoms. The van der Waals surface area contributed by atoms with Gasteiger partial charge >= 0.3 is 10.1 Å². The second kappa shape index (κ2) is 5.55. The van der Waals surface area contributed by atoms with Crippen molar-refractivity contribution in [3.8, 4) is 11.5 Å². The molecule has 0 heterocycles. The molecule has 0 spiro atoms. The fourth-order valence-corrected chi connectivity index (χ4v) is 3.64. The van der Waals surface area contributed by atoms with E-state index < -0.39 is 27.7 Å². The van der Waals surface area contributed by atoms with Crippen LogP contribution in [0.4, 0.5) is 8.78 Å². The zero-order chi connectivity index (χ0) is 14.8. The van der Waals surface area contributed by atoms with Crippen LogP contribution in [0.3, 0.4) is 0 Å².